The lowest BCUT2D eigenvalue weighted by Gasteiger charge is -2.47. The zero-order valence-electron chi connectivity index (χ0n) is 15.6. The first-order valence-corrected chi connectivity index (χ1v) is 11.4. The summed E-state index contributed by atoms with van der Waals surface area (Å²) in [5.74, 6) is -1.15. The molecule has 7 nitrogen and oxygen atoms in total. The van der Waals surface area contributed by atoms with Crippen molar-refractivity contribution in [3.63, 3.8) is 0 Å². The van der Waals surface area contributed by atoms with Crippen LogP contribution in [0.15, 0.2) is 9.82 Å². The number of thiazole rings is 1. The molecule has 2 aliphatic carbocycles. The molecule has 1 aromatic heterocycles. The number of H-pyrrole nitrogens is 1. The molecular formula is C19H22N2O5S2. The number of aromatic nitrogens is 1. The van der Waals surface area contributed by atoms with Crippen LogP contribution in [0.3, 0.4) is 0 Å². The van der Waals surface area contributed by atoms with Gasteiger partial charge in [-0.2, -0.15) is 0 Å². The molecule has 2 saturated carbocycles. The molecule has 4 aliphatic rings. The highest BCUT2D eigenvalue weighted by Crippen LogP contribution is 2.68. The number of imide groups is 1. The molecule has 3 heterocycles. The number of fused-ring (bicyclic) bond motifs is 9. The Morgan fingerprint density at radius 3 is 2.57 bits per heavy atom. The highest BCUT2D eigenvalue weighted by molar-refractivity contribution is 8.00. The lowest BCUT2D eigenvalue weighted by molar-refractivity contribution is -0.142. The van der Waals surface area contributed by atoms with E-state index in [1.807, 2.05) is 0 Å². The number of carboxylic acids is 1. The molecule has 6 atom stereocenters. The van der Waals surface area contributed by atoms with Gasteiger partial charge in [0, 0.05) is 28.5 Å². The van der Waals surface area contributed by atoms with Crippen molar-refractivity contribution in [1.82, 2.24) is 9.88 Å². The fourth-order valence-corrected chi connectivity index (χ4v) is 9.48. The number of aromatic amines is 1. The van der Waals surface area contributed by atoms with Gasteiger partial charge < -0.3 is 10.1 Å². The number of hydrogen-bond acceptors (Lipinski definition) is 6. The zero-order chi connectivity index (χ0) is 20.0. The third-order valence-electron chi connectivity index (χ3n) is 7.25. The molecule has 9 heteroatoms. The SMILES string of the molecule is CC1(C)c2sc(=O)[nH]c2S[C@@H]2[C@H]3C[C@@H]([C@@H]4C(=O)N(CCCC(=O)O)C(=O)[C@H]34)[C@H]21. The standard InChI is InChI=1S/C19H22N2O5S2/c1-19(2)12-7-6-8(13(12)27-15-14(19)28-18(26)20-15)11-10(7)16(24)21(17(11)25)5-3-4-9(22)23/h7-8,10-13H,3-6H2,1-2H3,(H,20,26)(H,22,23)/t7-,8-,10-,11+,12+,13+/m0/s1. The second-order valence-corrected chi connectivity index (χ2v) is 11.1. The van der Waals surface area contributed by atoms with Gasteiger partial charge in [-0.05, 0) is 30.6 Å². The summed E-state index contributed by atoms with van der Waals surface area (Å²) in [6, 6.07) is 0. The Labute approximate surface area is 169 Å². The summed E-state index contributed by atoms with van der Waals surface area (Å²) in [7, 11) is 0. The summed E-state index contributed by atoms with van der Waals surface area (Å²) < 4.78 is 0. The van der Waals surface area contributed by atoms with Gasteiger partial charge in [-0.3, -0.25) is 24.1 Å². The van der Waals surface area contributed by atoms with E-state index in [0.717, 1.165) is 16.3 Å². The number of amides is 2. The molecule has 2 N–H and O–H groups in total. The number of nitrogens with one attached hydrogen (secondary N) is 1. The van der Waals surface area contributed by atoms with E-state index < -0.39 is 5.97 Å². The highest BCUT2D eigenvalue weighted by atomic mass is 32.2. The smallest absolute Gasteiger partial charge is 0.305 e. The molecule has 28 heavy (non-hydrogen) atoms. The van der Waals surface area contributed by atoms with Crippen LogP contribution in [-0.2, 0) is 19.8 Å². The van der Waals surface area contributed by atoms with E-state index in [0.29, 0.717) is 6.42 Å². The summed E-state index contributed by atoms with van der Waals surface area (Å²) in [6.07, 6.45) is 1.15. The molecular weight excluding hydrogens is 400 g/mol. The maximum Gasteiger partial charge on any atom is 0.305 e. The van der Waals surface area contributed by atoms with E-state index in [9.17, 15) is 19.2 Å². The summed E-state index contributed by atoms with van der Waals surface area (Å²) >= 11 is 2.95. The van der Waals surface area contributed by atoms with E-state index in [4.69, 9.17) is 5.11 Å². The van der Waals surface area contributed by atoms with Crippen molar-refractivity contribution in [3.05, 3.63) is 14.5 Å². The van der Waals surface area contributed by atoms with E-state index >= 15 is 0 Å². The molecule has 2 bridgehead atoms. The fourth-order valence-electron chi connectivity index (χ4n) is 6.32. The van der Waals surface area contributed by atoms with Crippen LogP contribution in [0.1, 0.15) is 38.0 Å². The van der Waals surface area contributed by atoms with Crippen molar-refractivity contribution in [1.29, 1.82) is 0 Å². The molecule has 0 unspecified atom stereocenters. The number of thioether (sulfide) groups is 1. The monoisotopic (exact) mass is 422 g/mol. The van der Waals surface area contributed by atoms with Crippen LogP contribution in [0.5, 0.6) is 0 Å². The maximum atomic E-state index is 13.1. The van der Waals surface area contributed by atoms with Crippen molar-refractivity contribution in [2.45, 2.75) is 48.8 Å². The van der Waals surface area contributed by atoms with Crippen LogP contribution >= 0.6 is 23.1 Å². The first-order valence-electron chi connectivity index (χ1n) is 9.69. The Morgan fingerprint density at radius 1 is 1.21 bits per heavy atom. The predicted octanol–water partition coefficient (Wildman–Crippen LogP) is 1.92. The number of likely N-dealkylation sites (tertiary alicyclic amines) is 1. The Balaban J connectivity index is 1.46. The summed E-state index contributed by atoms with van der Waals surface area (Å²) in [6.45, 7) is 4.52. The van der Waals surface area contributed by atoms with Crippen molar-refractivity contribution < 1.29 is 19.5 Å². The summed E-state index contributed by atoms with van der Waals surface area (Å²) in [5, 5.41) is 10.0. The van der Waals surface area contributed by atoms with E-state index in [1.54, 1.807) is 11.8 Å². The molecule has 2 amide bonds. The summed E-state index contributed by atoms with van der Waals surface area (Å²) in [5.41, 5.74) is -0.209. The zero-order valence-corrected chi connectivity index (χ0v) is 17.3. The van der Waals surface area contributed by atoms with Crippen molar-refractivity contribution in [2.24, 2.45) is 29.6 Å². The van der Waals surface area contributed by atoms with Crippen LogP contribution in [-0.4, -0.2) is 44.6 Å². The number of aliphatic carboxylic acids is 1. The minimum Gasteiger partial charge on any atom is -0.481 e. The molecule has 3 fully saturated rings. The molecule has 0 aromatic carbocycles. The highest BCUT2D eigenvalue weighted by Gasteiger charge is 2.70. The molecule has 5 rings (SSSR count). The van der Waals surface area contributed by atoms with Crippen LogP contribution < -0.4 is 4.87 Å². The first-order chi connectivity index (χ1) is 13.2. The number of rotatable bonds is 4. The number of carbonyl (C=O) groups excluding carboxylic acids is 2. The average molecular weight is 423 g/mol. The normalized spacial score (nSPS) is 37.1. The fraction of sp³-hybridized carbons (Fsp3) is 0.684. The Kier molecular flexibility index (Phi) is 3.91. The van der Waals surface area contributed by atoms with Gasteiger partial charge in [0.1, 0.15) is 0 Å². The van der Waals surface area contributed by atoms with Gasteiger partial charge in [0.2, 0.25) is 11.8 Å². The molecule has 1 saturated heterocycles. The van der Waals surface area contributed by atoms with Gasteiger partial charge in [-0.1, -0.05) is 25.2 Å². The first kappa shape index (κ1) is 18.4. The quantitative estimate of drug-likeness (QED) is 0.718. The third-order valence-corrected chi connectivity index (χ3v) is 10.1. The second kappa shape index (κ2) is 5.95. The van der Waals surface area contributed by atoms with Gasteiger partial charge in [0.25, 0.3) is 0 Å². The van der Waals surface area contributed by atoms with Crippen molar-refractivity contribution >= 4 is 40.9 Å². The molecule has 150 valence electrons. The lowest BCUT2D eigenvalue weighted by Crippen LogP contribution is -2.48. The Bertz CT molecular complexity index is 950. The maximum absolute atomic E-state index is 13.1. The number of hydrogen-bond donors (Lipinski definition) is 2. The van der Waals surface area contributed by atoms with E-state index in [2.05, 4.69) is 18.8 Å². The van der Waals surface area contributed by atoms with E-state index in [1.165, 1.54) is 16.2 Å². The van der Waals surface area contributed by atoms with Gasteiger partial charge in [-0.25, -0.2) is 0 Å². The average Bonchev–Trinajstić information content (AvgIpc) is 3.32. The van der Waals surface area contributed by atoms with Gasteiger partial charge in [-0.15, -0.1) is 11.8 Å². The van der Waals surface area contributed by atoms with Crippen molar-refractivity contribution in [2.75, 3.05) is 6.54 Å². The van der Waals surface area contributed by atoms with Crippen LogP contribution in [0.25, 0.3) is 0 Å². The third kappa shape index (κ3) is 2.29. The topological polar surface area (TPSA) is 108 Å². The largest absolute Gasteiger partial charge is 0.481 e. The predicted molar refractivity (Wildman–Crippen MR) is 103 cm³/mol. The second-order valence-electron chi connectivity index (χ2n) is 8.94. The van der Waals surface area contributed by atoms with Gasteiger partial charge in [0.15, 0.2) is 0 Å². The lowest BCUT2D eigenvalue weighted by atomic mass is 9.64. The van der Waals surface area contributed by atoms with Crippen molar-refractivity contribution in [3.8, 4) is 0 Å². The van der Waals surface area contributed by atoms with Crippen LogP contribution in [0.2, 0.25) is 0 Å². The van der Waals surface area contributed by atoms with Gasteiger partial charge >= 0.3 is 10.8 Å². The molecule has 1 aromatic rings. The van der Waals surface area contributed by atoms with Crippen LogP contribution in [0, 0.1) is 29.6 Å². The number of nitrogens with zero attached hydrogens (tertiary/aromatic N) is 1. The summed E-state index contributed by atoms with van der Waals surface area (Å²) in [4.78, 5) is 54.2. The van der Waals surface area contributed by atoms with E-state index in [-0.39, 0.29) is 69.9 Å². The molecule has 0 spiro atoms. The number of carbonyl (C=O) groups is 3. The Morgan fingerprint density at radius 2 is 1.89 bits per heavy atom. The van der Waals surface area contributed by atoms with Gasteiger partial charge in [0.05, 0.1) is 16.9 Å². The number of carboxylic acid groups (broad SMARTS) is 1. The van der Waals surface area contributed by atoms with Crippen LogP contribution in [0.4, 0.5) is 0 Å². The minimum absolute atomic E-state index is 0.0407. The molecule has 2 aliphatic heterocycles. The minimum atomic E-state index is -0.913. The molecule has 0 radical (unpaired) electrons. The Hall–Kier alpha value is -1.61.